The minimum atomic E-state index is -3.75. The number of aliphatic hydroxyl groups is 1. The van der Waals surface area contributed by atoms with Crippen LogP contribution in [0.4, 0.5) is 0 Å². The molecule has 0 heterocycles. The topological polar surface area (TPSA) is 66.4 Å². The van der Waals surface area contributed by atoms with Gasteiger partial charge in [-0.05, 0) is 37.5 Å². The van der Waals surface area contributed by atoms with Gasteiger partial charge in [-0.3, -0.25) is 0 Å². The van der Waals surface area contributed by atoms with Crippen LogP contribution in [0, 0.1) is 0 Å². The molecule has 0 spiro atoms. The predicted octanol–water partition coefficient (Wildman–Crippen LogP) is 2.19. The van der Waals surface area contributed by atoms with Gasteiger partial charge in [0, 0.05) is 11.6 Å². The van der Waals surface area contributed by atoms with Crippen LogP contribution >= 0.6 is 23.2 Å². The molecule has 0 aromatic heterocycles. The zero-order valence-corrected chi connectivity index (χ0v) is 11.8. The Labute approximate surface area is 116 Å². The van der Waals surface area contributed by atoms with E-state index >= 15 is 0 Å². The summed E-state index contributed by atoms with van der Waals surface area (Å²) in [5, 5.41) is 10.3. The maximum Gasteiger partial charge on any atom is 0.242 e. The summed E-state index contributed by atoms with van der Waals surface area (Å²) >= 11 is 11.6. The molecule has 0 bridgehead atoms. The van der Waals surface area contributed by atoms with Crippen molar-refractivity contribution in [2.24, 2.45) is 0 Å². The Morgan fingerprint density at radius 1 is 1.33 bits per heavy atom. The normalized spacial score (nSPS) is 18.4. The molecule has 4 nitrogen and oxygen atoms in total. The van der Waals surface area contributed by atoms with Crippen molar-refractivity contribution in [3.63, 3.8) is 0 Å². The first-order valence-corrected chi connectivity index (χ1v) is 7.73. The first kappa shape index (κ1) is 14.1. The number of sulfonamides is 1. The maximum absolute atomic E-state index is 12.0. The van der Waals surface area contributed by atoms with Gasteiger partial charge in [-0.1, -0.05) is 23.2 Å². The second-order valence-electron chi connectivity index (χ2n) is 4.48. The summed E-state index contributed by atoms with van der Waals surface area (Å²) in [5.41, 5.74) is -0.919. The standard InChI is InChI=1S/C11H13Cl2NO3S/c12-8-2-3-9(13)10(6-8)18(16,17)14-7-11(15)4-1-5-11/h2-3,6,14-15H,1,4-5,7H2. The molecule has 1 aliphatic carbocycles. The number of hydrogen-bond acceptors (Lipinski definition) is 3. The van der Waals surface area contributed by atoms with Gasteiger partial charge in [0.2, 0.25) is 10.0 Å². The molecule has 1 fully saturated rings. The highest BCUT2D eigenvalue weighted by molar-refractivity contribution is 7.89. The summed E-state index contributed by atoms with van der Waals surface area (Å²) in [6.07, 6.45) is 2.13. The summed E-state index contributed by atoms with van der Waals surface area (Å²) < 4.78 is 26.4. The molecule has 0 saturated heterocycles. The van der Waals surface area contributed by atoms with E-state index in [0.29, 0.717) is 17.9 Å². The predicted molar refractivity (Wildman–Crippen MR) is 70.5 cm³/mol. The van der Waals surface area contributed by atoms with Gasteiger partial charge in [0.25, 0.3) is 0 Å². The van der Waals surface area contributed by atoms with E-state index in [9.17, 15) is 13.5 Å². The fourth-order valence-corrected chi connectivity index (χ4v) is 3.63. The molecule has 0 aliphatic heterocycles. The van der Waals surface area contributed by atoms with Crippen LogP contribution in [0.25, 0.3) is 0 Å². The molecule has 1 aromatic carbocycles. The van der Waals surface area contributed by atoms with Crippen molar-refractivity contribution >= 4 is 33.2 Å². The van der Waals surface area contributed by atoms with E-state index in [1.54, 1.807) is 0 Å². The lowest BCUT2D eigenvalue weighted by atomic mass is 9.81. The number of hydrogen-bond donors (Lipinski definition) is 2. The molecule has 1 saturated carbocycles. The fraction of sp³-hybridized carbons (Fsp3) is 0.455. The van der Waals surface area contributed by atoms with E-state index in [-0.39, 0.29) is 16.5 Å². The van der Waals surface area contributed by atoms with Gasteiger partial charge in [0.05, 0.1) is 10.6 Å². The van der Waals surface area contributed by atoms with Crippen molar-refractivity contribution in [1.29, 1.82) is 0 Å². The third-order valence-electron chi connectivity index (χ3n) is 3.06. The molecule has 100 valence electrons. The maximum atomic E-state index is 12.0. The minimum absolute atomic E-state index is 0.00181. The molecular formula is C11H13Cl2NO3S. The molecule has 2 rings (SSSR count). The van der Waals surface area contributed by atoms with Crippen LogP contribution in [0.2, 0.25) is 10.0 Å². The van der Waals surface area contributed by atoms with E-state index in [2.05, 4.69) is 4.72 Å². The summed E-state index contributed by atoms with van der Waals surface area (Å²) in [5.74, 6) is 0. The zero-order valence-electron chi connectivity index (χ0n) is 9.49. The third-order valence-corrected chi connectivity index (χ3v) is 5.18. The van der Waals surface area contributed by atoms with Crippen LogP contribution in [-0.4, -0.2) is 25.7 Å². The van der Waals surface area contributed by atoms with Crippen LogP contribution in [0.5, 0.6) is 0 Å². The van der Waals surface area contributed by atoms with Gasteiger partial charge >= 0.3 is 0 Å². The van der Waals surface area contributed by atoms with Gasteiger partial charge in [-0.2, -0.15) is 0 Å². The van der Waals surface area contributed by atoms with Gasteiger partial charge < -0.3 is 5.11 Å². The highest BCUT2D eigenvalue weighted by Crippen LogP contribution is 2.31. The zero-order chi connectivity index (χ0) is 13.4. The Morgan fingerprint density at radius 3 is 2.56 bits per heavy atom. The van der Waals surface area contributed by atoms with Crippen molar-refractivity contribution < 1.29 is 13.5 Å². The highest BCUT2D eigenvalue weighted by Gasteiger charge is 2.35. The smallest absolute Gasteiger partial charge is 0.242 e. The van der Waals surface area contributed by atoms with Crippen molar-refractivity contribution in [3.05, 3.63) is 28.2 Å². The minimum Gasteiger partial charge on any atom is -0.389 e. The summed E-state index contributed by atoms with van der Waals surface area (Å²) in [6.45, 7) is -0.00181. The van der Waals surface area contributed by atoms with Gasteiger partial charge in [-0.25, -0.2) is 13.1 Å². The van der Waals surface area contributed by atoms with Crippen LogP contribution < -0.4 is 4.72 Å². The Morgan fingerprint density at radius 2 is 2.00 bits per heavy atom. The van der Waals surface area contributed by atoms with Gasteiger partial charge in [0.15, 0.2) is 0 Å². The molecule has 2 N–H and O–H groups in total. The number of benzene rings is 1. The first-order valence-electron chi connectivity index (χ1n) is 5.50. The van der Waals surface area contributed by atoms with E-state index in [4.69, 9.17) is 23.2 Å². The number of rotatable bonds is 4. The lowest BCUT2D eigenvalue weighted by molar-refractivity contribution is -0.0270. The highest BCUT2D eigenvalue weighted by atomic mass is 35.5. The average Bonchev–Trinajstić information content (AvgIpc) is 2.27. The van der Waals surface area contributed by atoms with Crippen LogP contribution in [-0.2, 0) is 10.0 Å². The number of nitrogens with one attached hydrogen (secondary N) is 1. The van der Waals surface area contributed by atoms with Gasteiger partial charge in [0.1, 0.15) is 4.90 Å². The Bertz CT molecular complexity index is 555. The monoisotopic (exact) mass is 309 g/mol. The van der Waals surface area contributed by atoms with Crippen LogP contribution in [0.15, 0.2) is 23.1 Å². The van der Waals surface area contributed by atoms with Crippen molar-refractivity contribution in [3.8, 4) is 0 Å². The van der Waals surface area contributed by atoms with Crippen molar-refractivity contribution in [2.75, 3.05) is 6.54 Å². The lowest BCUT2D eigenvalue weighted by Crippen LogP contribution is -2.47. The molecule has 0 atom stereocenters. The van der Waals surface area contributed by atoms with E-state index < -0.39 is 15.6 Å². The molecule has 1 aliphatic rings. The first-order chi connectivity index (χ1) is 8.32. The molecular weight excluding hydrogens is 297 g/mol. The summed E-state index contributed by atoms with van der Waals surface area (Å²) in [6, 6.07) is 4.23. The molecule has 18 heavy (non-hydrogen) atoms. The van der Waals surface area contributed by atoms with Crippen LogP contribution in [0.3, 0.4) is 0 Å². The average molecular weight is 310 g/mol. The summed E-state index contributed by atoms with van der Waals surface area (Å²) in [7, 11) is -3.75. The SMILES string of the molecule is O=S(=O)(NCC1(O)CCC1)c1cc(Cl)ccc1Cl. The molecule has 1 aromatic rings. The molecule has 7 heteroatoms. The lowest BCUT2D eigenvalue weighted by Gasteiger charge is -2.36. The largest absolute Gasteiger partial charge is 0.389 e. The molecule has 0 radical (unpaired) electrons. The molecule has 0 unspecified atom stereocenters. The fourth-order valence-electron chi connectivity index (χ4n) is 1.75. The van der Waals surface area contributed by atoms with E-state index in [1.807, 2.05) is 0 Å². The second kappa shape index (κ2) is 4.98. The van der Waals surface area contributed by atoms with Crippen molar-refractivity contribution in [1.82, 2.24) is 4.72 Å². The Kier molecular flexibility index (Phi) is 3.90. The summed E-state index contributed by atoms with van der Waals surface area (Å²) in [4.78, 5) is -0.0698. The van der Waals surface area contributed by atoms with Crippen LogP contribution in [0.1, 0.15) is 19.3 Å². The van der Waals surface area contributed by atoms with Crippen molar-refractivity contribution in [2.45, 2.75) is 29.8 Å². The third kappa shape index (κ3) is 2.97. The second-order valence-corrected chi connectivity index (χ2v) is 7.06. The quantitative estimate of drug-likeness (QED) is 0.896. The Hall–Kier alpha value is -0.330. The Balaban J connectivity index is 2.17. The van der Waals surface area contributed by atoms with E-state index in [0.717, 1.165) is 6.42 Å². The number of halogens is 2. The van der Waals surface area contributed by atoms with E-state index in [1.165, 1.54) is 18.2 Å². The van der Waals surface area contributed by atoms with Gasteiger partial charge in [-0.15, -0.1) is 0 Å². The molecule has 0 amide bonds.